The molecular weight excluding hydrogens is 254 g/mol. The van der Waals surface area contributed by atoms with Crippen LogP contribution in [-0.2, 0) is 20.9 Å². The van der Waals surface area contributed by atoms with E-state index >= 15 is 0 Å². The second kappa shape index (κ2) is 5.92. The van der Waals surface area contributed by atoms with Crippen molar-refractivity contribution in [3.63, 3.8) is 0 Å². The Morgan fingerprint density at radius 2 is 2.17 bits per heavy atom. The number of nitrogens with zero attached hydrogens (tertiary/aromatic N) is 2. The summed E-state index contributed by atoms with van der Waals surface area (Å²) in [6.07, 6.45) is 2.72. The van der Waals surface area contributed by atoms with Crippen LogP contribution in [0.25, 0.3) is 0 Å². The number of carbonyl (C=O) groups excluding carboxylic acids is 2. The molecule has 0 bridgehead atoms. The first-order valence-corrected chi connectivity index (χ1v) is 6.62. The van der Waals surface area contributed by atoms with E-state index < -0.39 is 0 Å². The second-order valence-electron chi connectivity index (χ2n) is 3.92. The molecule has 1 aliphatic rings. The lowest BCUT2D eigenvalue weighted by Gasteiger charge is -2.23. The lowest BCUT2D eigenvalue weighted by molar-refractivity contribution is -0.159. The Morgan fingerprint density at radius 1 is 1.44 bits per heavy atom. The lowest BCUT2D eigenvalue weighted by Crippen LogP contribution is -2.45. The Kier molecular flexibility index (Phi) is 4.27. The summed E-state index contributed by atoms with van der Waals surface area (Å²) in [6, 6.07) is 0. The molecule has 7 heteroatoms. The number of hydrogen-bond acceptors (Lipinski definition) is 6. The van der Waals surface area contributed by atoms with Crippen LogP contribution in [0, 0.1) is 0 Å². The number of nitrogens with one attached hydrogen (secondary N) is 1. The Hall–Kier alpha value is -1.47. The molecule has 2 amide bonds. The Morgan fingerprint density at radius 3 is 2.83 bits per heavy atom. The van der Waals surface area contributed by atoms with Crippen LogP contribution in [0.5, 0.6) is 0 Å². The van der Waals surface area contributed by atoms with Gasteiger partial charge in [-0.2, -0.15) is 0 Å². The Bertz CT molecular complexity index is 430. The number of ether oxygens (including phenoxy) is 1. The maximum Gasteiger partial charge on any atom is 0.255 e. The molecule has 1 aliphatic heterocycles. The highest BCUT2D eigenvalue weighted by atomic mass is 32.1. The normalized spacial score (nSPS) is 16.2. The van der Waals surface area contributed by atoms with Crippen molar-refractivity contribution in [2.75, 3.05) is 25.1 Å². The van der Waals surface area contributed by atoms with Gasteiger partial charge in [0.05, 0.1) is 6.54 Å². The summed E-state index contributed by atoms with van der Waals surface area (Å²) in [6.45, 7) is 3.18. The van der Waals surface area contributed by atoms with E-state index in [9.17, 15) is 9.59 Å². The fourth-order valence-electron chi connectivity index (χ4n) is 1.55. The minimum absolute atomic E-state index is 0.0223. The van der Waals surface area contributed by atoms with E-state index in [4.69, 9.17) is 4.74 Å². The molecule has 1 aromatic heterocycles. The number of rotatable bonds is 5. The number of carbonyl (C=O) groups is 2. The van der Waals surface area contributed by atoms with Crippen LogP contribution < -0.4 is 5.32 Å². The zero-order chi connectivity index (χ0) is 13.0. The van der Waals surface area contributed by atoms with Crippen molar-refractivity contribution in [1.29, 1.82) is 0 Å². The summed E-state index contributed by atoms with van der Waals surface area (Å²) < 4.78 is 4.85. The maximum atomic E-state index is 11.5. The van der Waals surface area contributed by atoms with Gasteiger partial charge in [-0.15, -0.1) is 11.3 Å². The number of imide groups is 1. The van der Waals surface area contributed by atoms with Gasteiger partial charge in [-0.05, 0) is 6.42 Å². The maximum absolute atomic E-state index is 11.5. The Balaban J connectivity index is 1.97. The van der Waals surface area contributed by atoms with Crippen LogP contribution in [0.15, 0.2) is 6.20 Å². The minimum atomic E-state index is -0.289. The third-order valence-electron chi connectivity index (χ3n) is 2.45. The van der Waals surface area contributed by atoms with Gasteiger partial charge in [0.25, 0.3) is 11.8 Å². The molecule has 0 saturated carbocycles. The second-order valence-corrected chi connectivity index (χ2v) is 5.04. The van der Waals surface area contributed by atoms with Gasteiger partial charge in [0.2, 0.25) is 0 Å². The SMILES string of the molecule is CCCNc1ncc(CN2C(=O)COCC2=O)s1. The topological polar surface area (TPSA) is 71.5 Å². The van der Waals surface area contributed by atoms with E-state index in [-0.39, 0.29) is 31.6 Å². The van der Waals surface area contributed by atoms with Gasteiger partial charge >= 0.3 is 0 Å². The third kappa shape index (κ3) is 3.05. The van der Waals surface area contributed by atoms with Crippen LogP contribution in [0.2, 0.25) is 0 Å². The molecule has 1 fully saturated rings. The third-order valence-corrected chi connectivity index (χ3v) is 3.39. The first kappa shape index (κ1) is 13.0. The molecule has 6 nitrogen and oxygen atoms in total. The van der Waals surface area contributed by atoms with Crippen LogP contribution in [0.1, 0.15) is 18.2 Å². The molecule has 1 saturated heterocycles. The molecule has 0 spiro atoms. The molecule has 18 heavy (non-hydrogen) atoms. The fraction of sp³-hybridized carbons (Fsp3) is 0.545. The minimum Gasteiger partial charge on any atom is -0.362 e. The van der Waals surface area contributed by atoms with E-state index in [1.165, 1.54) is 16.2 Å². The van der Waals surface area contributed by atoms with Gasteiger partial charge in [-0.25, -0.2) is 4.98 Å². The van der Waals surface area contributed by atoms with Crippen LogP contribution in [0.4, 0.5) is 5.13 Å². The average Bonchev–Trinajstić information content (AvgIpc) is 2.79. The summed E-state index contributed by atoms with van der Waals surface area (Å²) in [5.74, 6) is -0.578. The van der Waals surface area contributed by atoms with Crippen molar-refractivity contribution < 1.29 is 14.3 Å². The van der Waals surface area contributed by atoms with Crippen molar-refractivity contribution in [2.45, 2.75) is 19.9 Å². The first-order valence-electron chi connectivity index (χ1n) is 5.80. The predicted octanol–water partition coefficient (Wildman–Crippen LogP) is 0.850. The van der Waals surface area contributed by atoms with Crippen molar-refractivity contribution in [3.8, 4) is 0 Å². The number of amides is 2. The molecule has 98 valence electrons. The molecule has 0 radical (unpaired) electrons. The van der Waals surface area contributed by atoms with Crippen molar-refractivity contribution in [1.82, 2.24) is 9.88 Å². The number of morpholine rings is 1. The summed E-state index contributed by atoms with van der Waals surface area (Å²) in [5, 5.41) is 3.99. The monoisotopic (exact) mass is 269 g/mol. The molecule has 0 aromatic carbocycles. The van der Waals surface area contributed by atoms with Gasteiger partial charge < -0.3 is 10.1 Å². The number of thiazole rings is 1. The van der Waals surface area contributed by atoms with Crippen LogP contribution in [0.3, 0.4) is 0 Å². The summed E-state index contributed by atoms with van der Waals surface area (Å²) >= 11 is 1.46. The fourth-order valence-corrected chi connectivity index (χ4v) is 2.37. The standard InChI is InChI=1S/C11H15N3O3S/c1-2-3-12-11-13-4-8(18-11)5-14-9(15)6-17-7-10(14)16/h4H,2-3,5-7H2,1H3,(H,12,13). The van der Waals surface area contributed by atoms with Gasteiger partial charge in [0, 0.05) is 17.6 Å². The molecule has 2 rings (SSSR count). The van der Waals surface area contributed by atoms with Crippen LogP contribution >= 0.6 is 11.3 Å². The van der Waals surface area contributed by atoms with Gasteiger partial charge in [0.1, 0.15) is 13.2 Å². The van der Waals surface area contributed by atoms with E-state index in [0.29, 0.717) is 0 Å². The summed E-state index contributed by atoms with van der Waals surface area (Å²) in [5.41, 5.74) is 0. The number of aromatic nitrogens is 1. The summed E-state index contributed by atoms with van der Waals surface area (Å²) in [4.78, 5) is 29.4. The molecular formula is C11H15N3O3S. The number of hydrogen-bond donors (Lipinski definition) is 1. The molecule has 1 aromatic rings. The van der Waals surface area contributed by atoms with E-state index in [1.54, 1.807) is 6.20 Å². The Labute approximate surface area is 109 Å². The van der Waals surface area contributed by atoms with E-state index in [0.717, 1.165) is 23.0 Å². The van der Waals surface area contributed by atoms with E-state index in [1.807, 2.05) is 0 Å². The zero-order valence-electron chi connectivity index (χ0n) is 10.1. The van der Waals surface area contributed by atoms with Gasteiger partial charge in [-0.3, -0.25) is 14.5 Å². The lowest BCUT2D eigenvalue weighted by atomic mass is 10.3. The van der Waals surface area contributed by atoms with Crippen molar-refractivity contribution in [2.24, 2.45) is 0 Å². The molecule has 0 unspecified atom stereocenters. The zero-order valence-corrected chi connectivity index (χ0v) is 11.0. The largest absolute Gasteiger partial charge is 0.362 e. The summed E-state index contributed by atoms with van der Waals surface area (Å²) in [7, 11) is 0. The van der Waals surface area contributed by atoms with Crippen molar-refractivity contribution in [3.05, 3.63) is 11.1 Å². The highest BCUT2D eigenvalue weighted by Crippen LogP contribution is 2.20. The molecule has 1 N–H and O–H groups in total. The highest BCUT2D eigenvalue weighted by molar-refractivity contribution is 7.15. The molecule has 0 aliphatic carbocycles. The molecule has 0 atom stereocenters. The first-order chi connectivity index (χ1) is 8.70. The van der Waals surface area contributed by atoms with Gasteiger partial charge in [-0.1, -0.05) is 6.92 Å². The van der Waals surface area contributed by atoms with Crippen LogP contribution in [-0.4, -0.2) is 41.5 Å². The number of anilines is 1. The van der Waals surface area contributed by atoms with Crippen molar-refractivity contribution >= 4 is 28.3 Å². The molecule has 2 heterocycles. The smallest absolute Gasteiger partial charge is 0.255 e. The quantitative estimate of drug-likeness (QED) is 0.802. The highest BCUT2D eigenvalue weighted by Gasteiger charge is 2.27. The predicted molar refractivity (Wildman–Crippen MR) is 67.3 cm³/mol. The average molecular weight is 269 g/mol. The van der Waals surface area contributed by atoms with Gasteiger partial charge in [0.15, 0.2) is 5.13 Å². The van der Waals surface area contributed by atoms with E-state index in [2.05, 4.69) is 17.2 Å².